The molecule has 1 aromatic heterocycles. The second-order valence-electron chi connectivity index (χ2n) is 4.59. The summed E-state index contributed by atoms with van der Waals surface area (Å²) in [4.78, 5) is 9.93. The molecule has 0 fully saturated rings. The third-order valence-electron chi connectivity index (χ3n) is 3.15. The zero-order valence-electron chi connectivity index (χ0n) is 11.3. The minimum atomic E-state index is 0.633. The van der Waals surface area contributed by atoms with Crippen molar-refractivity contribution in [2.45, 2.75) is 16.3 Å². The number of hydrogen-bond donors (Lipinski definition) is 1. The highest BCUT2D eigenvalue weighted by Gasteiger charge is 2.09. The van der Waals surface area contributed by atoms with Crippen LogP contribution in [-0.4, -0.2) is 16.5 Å². The number of para-hydroxylation sites is 1. The number of fused-ring (bicyclic) bond motifs is 1. The number of nitrogens with two attached hydrogens (primary N) is 1. The van der Waals surface area contributed by atoms with Crippen LogP contribution in [-0.2, 0) is 6.42 Å². The van der Waals surface area contributed by atoms with E-state index in [0.29, 0.717) is 6.54 Å². The fraction of sp³-hybridized carbons (Fsp3) is 0.125. The van der Waals surface area contributed by atoms with Crippen LogP contribution < -0.4 is 5.73 Å². The summed E-state index contributed by atoms with van der Waals surface area (Å²) < 4.78 is 1.07. The Balaban J connectivity index is 2.02. The van der Waals surface area contributed by atoms with E-state index in [2.05, 4.69) is 44.1 Å². The van der Waals surface area contributed by atoms with Crippen LogP contribution in [0.3, 0.4) is 0 Å². The SMILES string of the molecule is NCCc1cc(Br)ccc1Sc1ncnc2ccccc12. The standard InChI is InChI=1S/C16H14BrN3S/c17-12-5-6-15(11(9-12)7-8-18)21-16-13-3-1-2-4-14(13)19-10-20-16/h1-6,9-10H,7-8,18H2. The van der Waals surface area contributed by atoms with Crippen molar-refractivity contribution in [3.63, 3.8) is 0 Å². The average Bonchev–Trinajstić information content (AvgIpc) is 2.50. The molecule has 106 valence electrons. The molecule has 0 saturated carbocycles. The molecular weight excluding hydrogens is 346 g/mol. The third-order valence-corrected chi connectivity index (χ3v) is 4.78. The number of halogens is 1. The van der Waals surface area contributed by atoms with Crippen LogP contribution >= 0.6 is 27.7 Å². The maximum absolute atomic E-state index is 5.71. The highest BCUT2D eigenvalue weighted by atomic mass is 79.9. The molecule has 0 unspecified atom stereocenters. The zero-order valence-corrected chi connectivity index (χ0v) is 13.7. The summed E-state index contributed by atoms with van der Waals surface area (Å²) in [6.07, 6.45) is 2.47. The molecule has 0 aliphatic rings. The molecule has 0 spiro atoms. The Kier molecular flexibility index (Phi) is 4.53. The lowest BCUT2D eigenvalue weighted by atomic mass is 10.1. The van der Waals surface area contributed by atoms with Gasteiger partial charge < -0.3 is 5.73 Å². The molecule has 0 bridgehead atoms. The largest absolute Gasteiger partial charge is 0.330 e. The Morgan fingerprint density at radius 3 is 2.81 bits per heavy atom. The van der Waals surface area contributed by atoms with E-state index < -0.39 is 0 Å². The van der Waals surface area contributed by atoms with Gasteiger partial charge in [-0.15, -0.1) is 0 Å². The van der Waals surface area contributed by atoms with E-state index in [1.807, 2.05) is 24.3 Å². The lowest BCUT2D eigenvalue weighted by molar-refractivity contribution is 0.942. The molecule has 0 atom stereocenters. The van der Waals surface area contributed by atoms with Crippen LogP contribution in [0.1, 0.15) is 5.56 Å². The molecule has 0 radical (unpaired) electrons. The summed E-state index contributed by atoms with van der Waals surface area (Å²) in [6, 6.07) is 14.3. The summed E-state index contributed by atoms with van der Waals surface area (Å²) in [7, 11) is 0. The van der Waals surface area contributed by atoms with Gasteiger partial charge in [-0.05, 0) is 42.8 Å². The Labute approximate surface area is 136 Å². The van der Waals surface area contributed by atoms with E-state index in [4.69, 9.17) is 5.73 Å². The summed E-state index contributed by atoms with van der Waals surface area (Å²) in [5.41, 5.74) is 7.91. The molecule has 0 aliphatic carbocycles. The van der Waals surface area contributed by atoms with Crippen molar-refractivity contribution in [3.05, 3.63) is 58.8 Å². The first-order chi connectivity index (χ1) is 10.3. The molecule has 0 amide bonds. The van der Waals surface area contributed by atoms with Crippen molar-refractivity contribution in [1.82, 2.24) is 9.97 Å². The molecule has 2 aromatic carbocycles. The zero-order chi connectivity index (χ0) is 14.7. The average molecular weight is 360 g/mol. The fourth-order valence-electron chi connectivity index (χ4n) is 2.16. The van der Waals surface area contributed by atoms with E-state index in [9.17, 15) is 0 Å². The van der Waals surface area contributed by atoms with E-state index in [1.54, 1.807) is 18.1 Å². The summed E-state index contributed by atoms with van der Waals surface area (Å²) >= 11 is 5.18. The van der Waals surface area contributed by atoms with Gasteiger partial charge in [0.15, 0.2) is 0 Å². The normalized spacial score (nSPS) is 11.0. The predicted octanol–water partition coefficient (Wildman–Crippen LogP) is 4.04. The topological polar surface area (TPSA) is 51.8 Å². The van der Waals surface area contributed by atoms with Gasteiger partial charge in [-0.2, -0.15) is 0 Å². The smallest absolute Gasteiger partial charge is 0.117 e. The summed E-state index contributed by atoms with van der Waals surface area (Å²) in [5, 5.41) is 2.05. The van der Waals surface area contributed by atoms with Crippen molar-refractivity contribution in [1.29, 1.82) is 0 Å². The van der Waals surface area contributed by atoms with Gasteiger partial charge in [-0.3, -0.25) is 0 Å². The van der Waals surface area contributed by atoms with Gasteiger partial charge in [0.25, 0.3) is 0 Å². The summed E-state index contributed by atoms with van der Waals surface area (Å²) in [5.74, 6) is 0. The molecule has 0 aliphatic heterocycles. The van der Waals surface area contributed by atoms with Crippen molar-refractivity contribution in [3.8, 4) is 0 Å². The fourth-order valence-corrected chi connectivity index (χ4v) is 3.59. The van der Waals surface area contributed by atoms with Gasteiger partial charge in [-0.1, -0.05) is 45.9 Å². The number of hydrogen-bond acceptors (Lipinski definition) is 4. The van der Waals surface area contributed by atoms with E-state index in [1.165, 1.54) is 10.5 Å². The first-order valence-electron chi connectivity index (χ1n) is 6.64. The lowest BCUT2D eigenvalue weighted by Crippen LogP contribution is -2.03. The third kappa shape index (κ3) is 3.26. The number of nitrogens with zero attached hydrogens (tertiary/aromatic N) is 2. The maximum atomic E-state index is 5.71. The molecule has 1 heterocycles. The van der Waals surface area contributed by atoms with Crippen LogP contribution in [0.4, 0.5) is 0 Å². The van der Waals surface area contributed by atoms with E-state index in [-0.39, 0.29) is 0 Å². The minimum absolute atomic E-state index is 0.633. The van der Waals surface area contributed by atoms with Gasteiger partial charge in [-0.25, -0.2) is 9.97 Å². The second-order valence-corrected chi connectivity index (χ2v) is 6.54. The number of rotatable bonds is 4. The van der Waals surface area contributed by atoms with Crippen LogP contribution in [0.2, 0.25) is 0 Å². The van der Waals surface area contributed by atoms with Crippen molar-refractivity contribution in [2.75, 3.05) is 6.54 Å². The van der Waals surface area contributed by atoms with Gasteiger partial charge in [0.1, 0.15) is 11.4 Å². The molecule has 3 nitrogen and oxygen atoms in total. The van der Waals surface area contributed by atoms with Crippen molar-refractivity contribution >= 4 is 38.6 Å². The van der Waals surface area contributed by atoms with Gasteiger partial charge in [0.05, 0.1) is 5.52 Å². The van der Waals surface area contributed by atoms with Crippen LogP contribution in [0, 0.1) is 0 Å². The molecule has 2 N–H and O–H groups in total. The number of aromatic nitrogens is 2. The lowest BCUT2D eigenvalue weighted by Gasteiger charge is -2.10. The Morgan fingerprint density at radius 1 is 1.10 bits per heavy atom. The number of benzene rings is 2. The van der Waals surface area contributed by atoms with Gasteiger partial charge >= 0.3 is 0 Å². The van der Waals surface area contributed by atoms with E-state index in [0.717, 1.165) is 26.8 Å². The molecular formula is C16H14BrN3S. The van der Waals surface area contributed by atoms with Crippen LogP contribution in [0.5, 0.6) is 0 Å². The minimum Gasteiger partial charge on any atom is -0.330 e. The monoisotopic (exact) mass is 359 g/mol. The predicted molar refractivity (Wildman–Crippen MR) is 90.6 cm³/mol. The van der Waals surface area contributed by atoms with Crippen molar-refractivity contribution in [2.24, 2.45) is 5.73 Å². The highest BCUT2D eigenvalue weighted by Crippen LogP contribution is 2.34. The maximum Gasteiger partial charge on any atom is 0.117 e. The summed E-state index contributed by atoms with van der Waals surface area (Å²) in [6.45, 7) is 0.633. The van der Waals surface area contributed by atoms with Gasteiger partial charge in [0.2, 0.25) is 0 Å². The van der Waals surface area contributed by atoms with Crippen molar-refractivity contribution < 1.29 is 0 Å². The molecule has 21 heavy (non-hydrogen) atoms. The molecule has 3 rings (SSSR count). The van der Waals surface area contributed by atoms with E-state index >= 15 is 0 Å². The quantitative estimate of drug-likeness (QED) is 0.714. The van der Waals surface area contributed by atoms with Gasteiger partial charge in [0, 0.05) is 14.8 Å². The van der Waals surface area contributed by atoms with Crippen LogP contribution in [0.25, 0.3) is 10.9 Å². The molecule has 3 aromatic rings. The first kappa shape index (κ1) is 14.5. The Bertz CT molecular complexity index is 771. The molecule has 0 saturated heterocycles. The second kappa shape index (κ2) is 6.56. The molecule has 5 heteroatoms. The Hall–Kier alpha value is -1.43. The first-order valence-corrected chi connectivity index (χ1v) is 8.25. The van der Waals surface area contributed by atoms with Crippen LogP contribution in [0.15, 0.2) is 63.2 Å². The highest BCUT2D eigenvalue weighted by molar-refractivity contribution is 9.10. The Morgan fingerprint density at radius 2 is 1.95 bits per heavy atom.